The van der Waals surface area contributed by atoms with Gasteiger partial charge in [0, 0.05) is 0 Å². The maximum absolute atomic E-state index is 12.1. The molecule has 1 aliphatic carbocycles. The molecule has 2 rings (SSSR count). The average Bonchev–Trinajstić information content (AvgIpc) is 2.30. The molecule has 1 aromatic carbocycles. The monoisotopic (exact) mass is 216 g/mol. The molecule has 16 heavy (non-hydrogen) atoms. The van der Waals surface area contributed by atoms with Crippen LogP contribution in [0.4, 0.5) is 0 Å². The number of benzene rings is 1. The number of carbonyl (C=O) groups excluding carboxylic acids is 1. The zero-order valence-corrected chi connectivity index (χ0v) is 10.3. The maximum Gasteiger partial charge on any atom is 0.140 e. The summed E-state index contributed by atoms with van der Waals surface area (Å²) in [6.07, 6.45) is 5.73. The van der Waals surface area contributed by atoms with Gasteiger partial charge in [-0.15, -0.1) is 0 Å². The smallest absolute Gasteiger partial charge is 0.140 e. The molecule has 0 amide bonds. The third-order valence-electron chi connectivity index (χ3n) is 4.04. The Kier molecular flexibility index (Phi) is 3.13. The van der Waals surface area contributed by atoms with Crippen molar-refractivity contribution in [3.63, 3.8) is 0 Å². The molecule has 1 heteroatoms. The minimum Gasteiger partial charge on any atom is -0.299 e. The van der Waals surface area contributed by atoms with Crippen LogP contribution in [-0.2, 0) is 10.2 Å². The van der Waals surface area contributed by atoms with Gasteiger partial charge >= 0.3 is 0 Å². The molecule has 0 heterocycles. The van der Waals surface area contributed by atoms with Gasteiger partial charge in [-0.2, -0.15) is 0 Å². The highest BCUT2D eigenvalue weighted by atomic mass is 16.1. The van der Waals surface area contributed by atoms with Gasteiger partial charge in [-0.05, 0) is 37.8 Å². The molecular weight excluding hydrogens is 196 g/mol. The van der Waals surface area contributed by atoms with E-state index in [4.69, 9.17) is 0 Å². The summed E-state index contributed by atoms with van der Waals surface area (Å²) in [6, 6.07) is 8.37. The Morgan fingerprint density at radius 1 is 1.12 bits per heavy atom. The van der Waals surface area contributed by atoms with Crippen molar-refractivity contribution in [2.75, 3.05) is 0 Å². The average molecular weight is 216 g/mol. The van der Waals surface area contributed by atoms with Gasteiger partial charge in [0.05, 0.1) is 5.41 Å². The number of ketones is 1. The van der Waals surface area contributed by atoms with E-state index < -0.39 is 0 Å². The Hall–Kier alpha value is -1.11. The van der Waals surface area contributed by atoms with Gasteiger partial charge in [-0.25, -0.2) is 0 Å². The predicted octanol–water partition coefficient (Wildman–Crippen LogP) is 3.79. The highest BCUT2D eigenvalue weighted by molar-refractivity contribution is 5.88. The van der Waals surface area contributed by atoms with E-state index in [1.54, 1.807) is 6.92 Å². The summed E-state index contributed by atoms with van der Waals surface area (Å²) in [5.41, 5.74) is 2.35. The highest BCUT2D eigenvalue weighted by Crippen LogP contribution is 2.41. The Morgan fingerprint density at radius 2 is 1.75 bits per heavy atom. The quantitative estimate of drug-likeness (QED) is 0.735. The summed E-state index contributed by atoms with van der Waals surface area (Å²) in [5.74, 6) is 0.349. The van der Waals surface area contributed by atoms with Crippen LogP contribution in [0.15, 0.2) is 24.3 Å². The van der Waals surface area contributed by atoms with Crippen LogP contribution in [0.5, 0.6) is 0 Å². The molecular formula is C15H20O. The summed E-state index contributed by atoms with van der Waals surface area (Å²) in [4.78, 5) is 12.1. The van der Waals surface area contributed by atoms with Crippen molar-refractivity contribution < 1.29 is 4.79 Å². The van der Waals surface area contributed by atoms with Gasteiger partial charge in [0.15, 0.2) is 0 Å². The summed E-state index contributed by atoms with van der Waals surface area (Å²) in [5, 5.41) is 0. The third-order valence-corrected chi connectivity index (χ3v) is 4.04. The predicted molar refractivity (Wildman–Crippen MR) is 66.6 cm³/mol. The molecule has 1 nitrogen and oxygen atoms in total. The van der Waals surface area contributed by atoms with E-state index in [1.807, 2.05) is 0 Å². The summed E-state index contributed by atoms with van der Waals surface area (Å²) in [7, 11) is 0. The van der Waals surface area contributed by atoms with Crippen LogP contribution in [0.3, 0.4) is 0 Å². The molecule has 0 unspecified atom stereocenters. The third kappa shape index (κ3) is 1.79. The number of rotatable bonds is 2. The van der Waals surface area contributed by atoms with Crippen molar-refractivity contribution in [3.05, 3.63) is 35.4 Å². The molecule has 0 radical (unpaired) electrons. The summed E-state index contributed by atoms with van der Waals surface area (Å²) in [6.45, 7) is 3.88. The Morgan fingerprint density at radius 3 is 2.31 bits per heavy atom. The second kappa shape index (κ2) is 4.40. The first-order valence-corrected chi connectivity index (χ1v) is 6.24. The van der Waals surface area contributed by atoms with Gasteiger partial charge in [0.1, 0.15) is 5.78 Å². The standard InChI is InChI=1S/C15H20O/c1-12-8-4-5-9-14(12)15(13(2)16)10-6-3-7-11-15/h4-5,8-9H,3,6-7,10-11H2,1-2H3. The Bertz CT molecular complexity index is 386. The topological polar surface area (TPSA) is 17.1 Å². The molecule has 1 aromatic rings. The fourth-order valence-corrected chi connectivity index (χ4v) is 3.08. The van der Waals surface area contributed by atoms with Gasteiger partial charge in [-0.3, -0.25) is 4.79 Å². The van der Waals surface area contributed by atoms with Crippen molar-refractivity contribution in [1.82, 2.24) is 0 Å². The van der Waals surface area contributed by atoms with E-state index in [0.717, 1.165) is 12.8 Å². The summed E-state index contributed by atoms with van der Waals surface area (Å²) < 4.78 is 0. The number of aryl methyl sites for hydroxylation is 1. The fourth-order valence-electron chi connectivity index (χ4n) is 3.08. The van der Waals surface area contributed by atoms with E-state index >= 15 is 0 Å². The van der Waals surface area contributed by atoms with Crippen LogP contribution in [0, 0.1) is 6.92 Å². The second-order valence-corrected chi connectivity index (χ2v) is 5.01. The molecule has 1 fully saturated rings. The van der Waals surface area contributed by atoms with E-state index in [0.29, 0.717) is 5.78 Å². The molecule has 0 spiro atoms. The molecule has 0 bridgehead atoms. The van der Waals surface area contributed by atoms with Gasteiger partial charge < -0.3 is 0 Å². The highest BCUT2D eigenvalue weighted by Gasteiger charge is 2.38. The largest absolute Gasteiger partial charge is 0.299 e. The molecule has 0 aliphatic heterocycles. The zero-order chi connectivity index (χ0) is 11.6. The van der Waals surface area contributed by atoms with Crippen LogP contribution in [0.25, 0.3) is 0 Å². The van der Waals surface area contributed by atoms with Crippen molar-refractivity contribution in [2.24, 2.45) is 0 Å². The fraction of sp³-hybridized carbons (Fsp3) is 0.533. The molecule has 0 aromatic heterocycles. The van der Waals surface area contributed by atoms with Crippen molar-refractivity contribution in [1.29, 1.82) is 0 Å². The first-order chi connectivity index (χ1) is 7.67. The Labute approximate surface area is 97.9 Å². The molecule has 1 saturated carbocycles. The first kappa shape index (κ1) is 11.4. The lowest BCUT2D eigenvalue weighted by molar-refractivity contribution is -0.123. The van der Waals surface area contributed by atoms with E-state index in [9.17, 15) is 4.79 Å². The lowest BCUT2D eigenvalue weighted by atomic mass is 9.66. The number of Topliss-reactive ketones (excluding diaryl/α,β-unsaturated/α-hetero) is 1. The lowest BCUT2D eigenvalue weighted by Crippen LogP contribution is -2.37. The van der Waals surface area contributed by atoms with E-state index in [2.05, 4.69) is 31.2 Å². The van der Waals surface area contributed by atoms with Gasteiger partial charge in [0.2, 0.25) is 0 Å². The normalized spacial score (nSPS) is 19.4. The molecule has 0 saturated heterocycles. The maximum atomic E-state index is 12.1. The summed E-state index contributed by atoms with van der Waals surface area (Å²) >= 11 is 0. The molecule has 86 valence electrons. The Balaban J connectivity index is 2.47. The number of hydrogen-bond donors (Lipinski definition) is 0. The van der Waals surface area contributed by atoms with Crippen LogP contribution in [-0.4, -0.2) is 5.78 Å². The second-order valence-electron chi connectivity index (χ2n) is 5.01. The zero-order valence-electron chi connectivity index (χ0n) is 10.3. The van der Waals surface area contributed by atoms with Crippen LogP contribution in [0.1, 0.15) is 50.2 Å². The van der Waals surface area contributed by atoms with Crippen LogP contribution in [0.2, 0.25) is 0 Å². The number of hydrogen-bond acceptors (Lipinski definition) is 1. The van der Waals surface area contributed by atoms with Crippen LogP contribution < -0.4 is 0 Å². The van der Waals surface area contributed by atoms with Crippen molar-refractivity contribution in [2.45, 2.75) is 51.4 Å². The van der Waals surface area contributed by atoms with Gasteiger partial charge in [-0.1, -0.05) is 43.5 Å². The van der Waals surface area contributed by atoms with E-state index in [1.165, 1.54) is 30.4 Å². The van der Waals surface area contributed by atoms with Crippen molar-refractivity contribution >= 4 is 5.78 Å². The molecule has 0 atom stereocenters. The van der Waals surface area contributed by atoms with Gasteiger partial charge in [0.25, 0.3) is 0 Å². The number of carbonyl (C=O) groups is 1. The lowest BCUT2D eigenvalue weighted by Gasteiger charge is -2.36. The minimum atomic E-state index is -0.177. The van der Waals surface area contributed by atoms with Crippen molar-refractivity contribution in [3.8, 4) is 0 Å². The van der Waals surface area contributed by atoms with E-state index in [-0.39, 0.29) is 5.41 Å². The molecule has 1 aliphatic rings. The first-order valence-electron chi connectivity index (χ1n) is 6.24. The minimum absolute atomic E-state index is 0.177. The SMILES string of the molecule is CC(=O)C1(c2ccccc2C)CCCCC1. The van der Waals surface area contributed by atoms with Crippen LogP contribution >= 0.6 is 0 Å². The molecule has 0 N–H and O–H groups in total.